The molecule has 22 heavy (non-hydrogen) atoms. The summed E-state index contributed by atoms with van der Waals surface area (Å²) in [5.41, 5.74) is 5.13. The Labute approximate surface area is 130 Å². The van der Waals surface area contributed by atoms with Gasteiger partial charge in [-0.15, -0.1) is 0 Å². The average molecular weight is 308 g/mol. The third kappa shape index (κ3) is 5.14. The van der Waals surface area contributed by atoms with Gasteiger partial charge < -0.3 is 20.1 Å². The molecule has 7 heteroatoms. The molecule has 0 aromatic carbocycles. The van der Waals surface area contributed by atoms with E-state index in [1.807, 2.05) is 26.8 Å². The van der Waals surface area contributed by atoms with Crippen LogP contribution in [0.2, 0.25) is 0 Å². The molecule has 0 spiro atoms. The Hall–Kier alpha value is -1.89. The molecule has 0 amide bonds. The van der Waals surface area contributed by atoms with E-state index in [0.29, 0.717) is 6.54 Å². The predicted molar refractivity (Wildman–Crippen MR) is 83.5 cm³/mol. The molecule has 1 aliphatic heterocycles. The smallest absolute Gasteiger partial charge is 0.332 e. The van der Waals surface area contributed by atoms with Crippen molar-refractivity contribution in [2.45, 2.75) is 45.3 Å². The Bertz CT molecular complexity index is 516. The topological polar surface area (TPSA) is 90.6 Å². The van der Waals surface area contributed by atoms with Gasteiger partial charge in [0.15, 0.2) is 0 Å². The highest BCUT2D eigenvalue weighted by atomic mass is 16.6. The van der Waals surface area contributed by atoms with Crippen molar-refractivity contribution in [1.82, 2.24) is 9.97 Å². The SMILES string of the molecule is CC(C)(C)OC(=O)CO[C@@H]1CCCN(c2ccnc(N)n2)C1. The van der Waals surface area contributed by atoms with Crippen molar-refractivity contribution in [3.63, 3.8) is 0 Å². The summed E-state index contributed by atoms with van der Waals surface area (Å²) >= 11 is 0. The second-order valence-corrected chi connectivity index (χ2v) is 6.38. The summed E-state index contributed by atoms with van der Waals surface area (Å²) < 4.78 is 10.9. The average Bonchev–Trinajstić information content (AvgIpc) is 2.44. The van der Waals surface area contributed by atoms with Crippen LogP contribution in [0.5, 0.6) is 0 Å². The van der Waals surface area contributed by atoms with E-state index in [1.165, 1.54) is 0 Å². The van der Waals surface area contributed by atoms with Crippen molar-refractivity contribution in [3.05, 3.63) is 12.3 Å². The molecule has 0 aliphatic carbocycles. The fraction of sp³-hybridized carbons (Fsp3) is 0.667. The van der Waals surface area contributed by atoms with Gasteiger partial charge in [-0.3, -0.25) is 0 Å². The lowest BCUT2D eigenvalue weighted by atomic mass is 10.1. The van der Waals surface area contributed by atoms with Gasteiger partial charge >= 0.3 is 5.97 Å². The summed E-state index contributed by atoms with van der Waals surface area (Å²) in [6, 6.07) is 1.83. The second kappa shape index (κ2) is 6.91. The molecule has 0 unspecified atom stereocenters. The number of carbonyl (C=O) groups excluding carboxylic acids is 1. The lowest BCUT2D eigenvalue weighted by Gasteiger charge is -2.33. The standard InChI is InChI=1S/C15H24N4O3/c1-15(2,3)22-13(20)10-21-11-5-4-8-19(9-11)12-6-7-17-14(16)18-12/h6-7,11H,4-5,8-10H2,1-3H3,(H2,16,17,18)/t11-/m1/s1. The Balaban J connectivity index is 1.85. The van der Waals surface area contributed by atoms with E-state index in [4.69, 9.17) is 15.2 Å². The summed E-state index contributed by atoms with van der Waals surface area (Å²) in [4.78, 5) is 21.9. The maximum Gasteiger partial charge on any atom is 0.332 e. The van der Waals surface area contributed by atoms with Crippen LogP contribution in [-0.4, -0.2) is 47.3 Å². The minimum absolute atomic E-state index is 0.0162. The van der Waals surface area contributed by atoms with Crippen molar-refractivity contribution in [2.24, 2.45) is 0 Å². The summed E-state index contributed by atoms with van der Waals surface area (Å²) in [5.74, 6) is 0.711. The van der Waals surface area contributed by atoms with Gasteiger partial charge in [0.1, 0.15) is 18.0 Å². The lowest BCUT2D eigenvalue weighted by Crippen LogP contribution is -2.41. The minimum atomic E-state index is -0.489. The number of aromatic nitrogens is 2. The van der Waals surface area contributed by atoms with Gasteiger partial charge in [-0.1, -0.05) is 0 Å². The number of hydrogen-bond donors (Lipinski definition) is 1. The van der Waals surface area contributed by atoms with E-state index in [1.54, 1.807) is 6.20 Å². The van der Waals surface area contributed by atoms with Gasteiger partial charge in [0.25, 0.3) is 0 Å². The van der Waals surface area contributed by atoms with Crippen molar-refractivity contribution in [2.75, 3.05) is 30.3 Å². The van der Waals surface area contributed by atoms with E-state index < -0.39 is 5.60 Å². The zero-order chi connectivity index (χ0) is 16.2. The van der Waals surface area contributed by atoms with E-state index in [9.17, 15) is 4.79 Å². The molecule has 1 fully saturated rings. The third-order valence-electron chi connectivity index (χ3n) is 3.22. The Morgan fingerprint density at radius 2 is 2.27 bits per heavy atom. The van der Waals surface area contributed by atoms with Crippen LogP contribution in [0.3, 0.4) is 0 Å². The highest BCUT2D eigenvalue weighted by molar-refractivity contribution is 5.71. The molecule has 1 atom stereocenters. The van der Waals surface area contributed by atoms with Crippen LogP contribution in [-0.2, 0) is 14.3 Å². The predicted octanol–water partition coefficient (Wildman–Crippen LogP) is 1.39. The van der Waals surface area contributed by atoms with Gasteiger partial charge in [-0.05, 0) is 39.7 Å². The largest absolute Gasteiger partial charge is 0.458 e. The van der Waals surface area contributed by atoms with Crippen LogP contribution in [0, 0.1) is 0 Å². The van der Waals surface area contributed by atoms with E-state index in [2.05, 4.69) is 14.9 Å². The molecular weight excluding hydrogens is 284 g/mol. The van der Waals surface area contributed by atoms with Crippen LogP contribution in [0.4, 0.5) is 11.8 Å². The molecule has 2 heterocycles. The number of esters is 1. The second-order valence-electron chi connectivity index (χ2n) is 6.38. The summed E-state index contributed by atoms with van der Waals surface area (Å²) in [6.07, 6.45) is 3.52. The van der Waals surface area contributed by atoms with Crippen LogP contribution in [0.1, 0.15) is 33.6 Å². The van der Waals surface area contributed by atoms with E-state index in [-0.39, 0.29) is 24.6 Å². The van der Waals surface area contributed by atoms with E-state index >= 15 is 0 Å². The van der Waals surface area contributed by atoms with Crippen LogP contribution in [0.25, 0.3) is 0 Å². The monoisotopic (exact) mass is 308 g/mol. The molecule has 0 radical (unpaired) electrons. The van der Waals surface area contributed by atoms with Crippen molar-refractivity contribution in [3.8, 4) is 0 Å². The first-order valence-corrected chi connectivity index (χ1v) is 7.50. The van der Waals surface area contributed by atoms with Gasteiger partial charge in [-0.25, -0.2) is 9.78 Å². The van der Waals surface area contributed by atoms with Gasteiger partial charge in [-0.2, -0.15) is 4.98 Å². The molecule has 7 nitrogen and oxygen atoms in total. The number of nitrogen functional groups attached to an aromatic ring is 1. The Kier molecular flexibility index (Phi) is 5.18. The molecule has 122 valence electrons. The first-order valence-electron chi connectivity index (χ1n) is 7.50. The number of nitrogens with two attached hydrogens (primary N) is 1. The zero-order valence-electron chi connectivity index (χ0n) is 13.4. The number of ether oxygens (including phenoxy) is 2. The number of hydrogen-bond acceptors (Lipinski definition) is 7. The number of nitrogens with zero attached hydrogens (tertiary/aromatic N) is 3. The molecule has 2 N–H and O–H groups in total. The molecule has 0 bridgehead atoms. The van der Waals surface area contributed by atoms with Gasteiger partial charge in [0.2, 0.25) is 5.95 Å². The summed E-state index contributed by atoms with van der Waals surface area (Å²) in [5, 5.41) is 0. The van der Waals surface area contributed by atoms with Crippen molar-refractivity contribution < 1.29 is 14.3 Å². The van der Waals surface area contributed by atoms with E-state index in [0.717, 1.165) is 25.2 Å². The summed E-state index contributed by atoms with van der Waals surface area (Å²) in [7, 11) is 0. The number of rotatable bonds is 4. The highest BCUT2D eigenvalue weighted by Gasteiger charge is 2.23. The van der Waals surface area contributed by atoms with Crippen molar-refractivity contribution >= 4 is 17.7 Å². The molecule has 0 saturated carbocycles. The van der Waals surface area contributed by atoms with Gasteiger partial charge in [0, 0.05) is 19.3 Å². The third-order valence-corrected chi connectivity index (χ3v) is 3.22. The van der Waals surface area contributed by atoms with Crippen molar-refractivity contribution in [1.29, 1.82) is 0 Å². The first-order chi connectivity index (χ1) is 10.3. The number of piperidine rings is 1. The molecule has 1 aromatic rings. The molecular formula is C15H24N4O3. The van der Waals surface area contributed by atoms with Crippen LogP contribution < -0.4 is 10.6 Å². The Morgan fingerprint density at radius 3 is 2.95 bits per heavy atom. The normalized spacial score (nSPS) is 19.0. The van der Waals surface area contributed by atoms with Gasteiger partial charge in [0.05, 0.1) is 6.10 Å². The summed E-state index contributed by atoms with van der Waals surface area (Å²) in [6.45, 7) is 7.07. The lowest BCUT2D eigenvalue weighted by molar-refractivity contribution is -0.162. The van der Waals surface area contributed by atoms with Crippen LogP contribution >= 0.6 is 0 Å². The fourth-order valence-electron chi connectivity index (χ4n) is 2.38. The minimum Gasteiger partial charge on any atom is -0.458 e. The number of anilines is 2. The molecule has 1 saturated heterocycles. The maximum atomic E-state index is 11.7. The maximum absolute atomic E-state index is 11.7. The fourth-order valence-corrected chi connectivity index (χ4v) is 2.38. The highest BCUT2D eigenvalue weighted by Crippen LogP contribution is 2.19. The first kappa shape index (κ1) is 16.5. The number of carbonyl (C=O) groups is 1. The zero-order valence-corrected chi connectivity index (χ0v) is 13.4. The van der Waals surface area contributed by atoms with Crippen LogP contribution in [0.15, 0.2) is 12.3 Å². The quantitative estimate of drug-likeness (QED) is 0.840. The molecule has 2 rings (SSSR count). The molecule has 1 aliphatic rings. The molecule has 1 aromatic heterocycles. The Morgan fingerprint density at radius 1 is 1.50 bits per heavy atom.